The number of allylic oxidation sites excluding steroid dienone is 3. The molecule has 0 radical (unpaired) electrons. The van der Waals surface area contributed by atoms with Crippen molar-refractivity contribution in [3.8, 4) is 0 Å². The normalized spacial score (nSPS) is 11.6. The SMILES string of the molecule is C=CCC(=CC)CCCC. The molecule has 0 saturated heterocycles. The summed E-state index contributed by atoms with van der Waals surface area (Å²) in [6, 6.07) is 0. The lowest BCUT2D eigenvalue weighted by atomic mass is 10.1. The summed E-state index contributed by atoms with van der Waals surface area (Å²) in [5.74, 6) is 0. The molecule has 0 spiro atoms. The van der Waals surface area contributed by atoms with Crippen LogP contribution >= 0.6 is 0 Å². The average Bonchev–Trinajstić information content (AvgIpc) is 1.98. The maximum atomic E-state index is 3.72. The van der Waals surface area contributed by atoms with Gasteiger partial charge in [0.2, 0.25) is 0 Å². The molecule has 0 N–H and O–H groups in total. The van der Waals surface area contributed by atoms with Crippen molar-refractivity contribution in [2.75, 3.05) is 0 Å². The van der Waals surface area contributed by atoms with Gasteiger partial charge >= 0.3 is 0 Å². The van der Waals surface area contributed by atoms with Gasteiger partial charge in [0.15, 0.2) is 0 Å². The summed E-state index contributed by atoms with van der Waals surface area (Å²) in [6.07, 6.45) is 9.10. The monoisotopic (exact) mass is 138 g/mol. The van der Waals surface area contributed by atoms with E-state index in [-0.39, 0.29) is 0 Å². The van der Waals surface area contributed by atoms with E-state index in [2.05, 4.69) is 26.5 Å². The van der Waals surface area contributed by atoms with E-state index in [1.54, 1.807) is 0 Å². The molecule has 0 saturated carbocycles. The van der Waals surface area contributed by atoms with Gasteiger partial charge in [-0.2, -0.15) is 0 Å². The molecular formula is C10H18. The largest absolute Gasteiger partial charge is 0.103 e. The topological polar surface area (TPSA) is 0 Å². The van der Waals surface area contributed by atoms with Gasteiger partial charge in [-0.1, -0.05) is 31.1 Å². The van der Waals surface area contributed by atoms with Crippen molar-refractivity contribution < 1.29 is 0 Å². The van der Waals surface area contributed by atoms with Crippen molar-refractivity contribution in [3.63, 3.8) is 0 Å². The van der Waals surface area contributed by atoms with Crippen LogP contribution < -0.4 is 0 Å². The number of hydrogen-bond donors (Lipinski definition) is 0. The Hall–Kier alpha value is -0.520. The predicted molar refractivity (Wildman–Crippen MR) is 48.1 cm³/mol. The third-order valence-electron chi connectivity index (χ3n) is 1.67. The van der Waals surface area contributed by atoms with E-state index >= 15 is 0 Å². The Morgan fingerprint density at radius 2 is 2.20 bits per heavy atom. The van der Waals surface area contributed by atoms with Crippen molar-refractivity contribution in [2.45, 2.75) is 39.5 Å². The number of unbranched alkanes of at least 4 members (excludes halogenated alkanes) is 1. The van der Waals surface area contributed by atoms with Crippen molar-refractivity contribution in [2.24, 2.45) is 0 Å². The van der Waals surface area contributed by atoms with Gasteiger partial charge in [0, 0.05) is 0 Å². The van der Waals surface area contributed by atoms with Crippen LogP contribution in [0.3, 0.4) is 0 Å². The lowest BCUT2D eigenvalue weighted by Crippen LogP contribution is -1.80. The van der Waals surface area contributed by atoms with Crippen LogP contribution in [-0.4, -0.2) is 0 Å². The minimum absolute atomic E-state index is 1.07. The fraction of sp³-hybridized carbons (Fsp3) is 0.600. The van der Waals surface area contributed by atoms with Crippen molar-refractivity contribution in [1.29, 1.82) is 0 Å². The highest BCUT2D eigenvalue weighted by molar-refractivity contribution is 5.04. The van der Waals surface area contributed by atoms with Crippen molar-refractivity contribution in [3.05, 3.63) is 24.3 Å². The highest BCUT2D eigenvalue weighted by Crippen LogP contribution is 2.10. The second-order valence-corrected chi connectivity index (χ2v) is 2.54. The molecule has 0 aliphatic rings. The Bertz CT molecular complexity index is 109. The molecule has 0 heteroatoms. The first kappa shape index (κ1) is 9.48. The molecule has 0 aliphatic carbocycles. The van der Waals surface area contributed by atoms with Crippen LogP contribution in [0.2, 0.25) is 0 Å². The van der Waals surface area contributed by atoms with Gasteiger partial charge in [0.1, 0.15) is 0 Å². The van der Waals surface area contributed by atoms with Crippen LogP contribution in [0.25, 0.3) is 0 Å². The molecule has 0 amide bonds. The van der Waals surface area contributed by atoms with Crippen LogP contribution in [-0.2, 0) is 0 Å². The van der Waals surface area contributed by atoms with Gasteiger partial charge in [-0.05, 0) is 26.2 Å². The standard InChI is InChI=1S/C10H18/c1-4-7-9-10(6-3)8-5-2/h5-6H,2,4,7-9H2,1,3H3. The second kappa shape index (κ2) is 6.60. The molecule has 0 unspecified atom stereocenters. The van der Waals surface area contributed by atoms with Gasteiger partial charge < -0.3 is 0 Å². The van der Waals surface area contributed by atoms with E-state index in [9.17, 15) is 0 Å². The van der Waals surface area contributed by atoms with E-state index in [0.717, 1.165) is 6.42 Å². The summed E-state index contributed by atoms with van der Waals surface area (Å²) in [7, 11) is 0. The summed E-state index contributed by atoms with van der Waals surface area (Å²) < 4.78 is 0. The Balaban J connectivity index is 3.51. The lowest BCUT2D eigenvalue weighted by molar-refractivity contribution is 0.774. The first-order valence-corrected chi connectivity index (χ1v) is 4.10. The zero-order valence-electron chi connectivity index (χ0n) is 7.19. The second-order valence-electron chi connectivity index (χ2n) is 2.54. The average molecular weight is 138 g/mol. The van der Waals surface area contributed by atoms with Gasteiger partial charge in [0.25, 0.3) is 0 Å². The molecule has 0 aliphatic heterocycles. The number of hydrogen-bond acceptors (Lipinski definition) is 0. The molecule has 0 bridgehead atoms. The Kier molecular flexibility index (Phi) is 6.25. The molecular weight excluding hydrogens is 120 g/mol. The first-order valence-electron chi connectivity index (χ1n) is 4.10. The third-order valence-corrected chi connectivity index (χ3v) is 1.67. The minimum atomic E-state index is 1.07. The van der Waals surface area contributed by atoms with Gasteiger partial charge in [0.05, 0.1) is 0 Å². The third kappa shape index (κ3) is 4.37. The molecule has 10 heavy (non-hydrogen) atoms. The van der Waals surface area contributed by atoms with Gasteiger partial charge in [-0.15, -0.1) is 6.58 Å². The Morgan fingerprint density at radius 1 is 1.50 bits per heavy atom. The smallest absolute Gasteiger partial charge is 0.0142 e. The molecule has 0 rings (SSSR count). The zero-order chi connectivity index (χ0) is 7.82. The van der Waals surface area contributed by atoms with Crippen LogP contribution in [0.1, 0.15) is 39.5 Å². The quantitative estimate of drug-likeness (QED) is 0.508. The Labute approximate surface area is 64.6 Å². The fourth-order valence-electron chi connectivity index (χ4n) is 0.953. The van der Waals surface area contributed by atoms with E-state index in [1.165, 1.54) is 24.8 Å². The molecule has 0 heterocycles. The van der Waals surface area contributed by atoms with E-state index < -0.39 is 0 Å². The van der Waals surface area contributed by atoms with Crippen LogP contribution in [0.15, 0.2) is 24.3 Å². The highest BCUT2D eigenvalue weighted by Gasteiger charge is 1.90. The maximum Gasteiger partial charge on any atom is -0.0142 e. The molecule has 0 atom stereocenters. The van der Waals surface area contributed by atoms with E-state index in [0.29, 0.717) is 0 Å². The maximum absolute atomic E-state index is 3.72. The van der Waals surface area contributed by atoms with E-state index in [1.807, 2.05) is 6.08 Å². The fourth-order valence-corrected chi connectivity index (χ4v) is 0.953. The molecule has 0 nitrogen and oxygen atoms in total. The minimum Gasteiger partial charge on any atom is -0.103 e. The van der Waals surface area contributed by atoms with E-state index in [4.69, 9.17) is 0 Å². The molecule has 0 aromatic rings. The molecule has 0 aromatic heterocycles. The summed E-state index contributed by atoms with van der Waals surface area (Å²) >= 11 is 0. The van der Waals surface area contributed by atoms with Crippen LogP contribution in [0.4, 0.5) is 0 Å². The van der Waals surface area contributed by atoms with Gasteiger partial charge in [-0.3, -0.25) is 0 Å². The predicted octanol–water partition coefficient (Wildman–Crippen LogP) is 3.70. The van der Waals surface area contributed by atoms with Crippen LogP contribution in [0.5, 0.6) is 0 Å². The number of rotatable bonds is 5. The zero-order valence-corrected chi connectivity index (χ0v) is 7.19. The summed E-state index contributed by atoms with van der Waals surface area (Å²) in [6.45, 7) is 8.04. The molecule has 58 valence electrons. The van der Waals surface area contributed by atoms with Crippen molar-refractivity contribution in [1.82, 2.24) is 0 Å². The molecule has 0 aromatic carbocycles. The summed E-state index contributed by atoms with van der Waals surface area (Å²) in [5.41, 5.74) is 1.52. The lowest BCUT2D eigenvalue weighted by Gasteiger charge is -2.00. The highest BCUT2D eigenvalue weighted by atomic mass is 14.0. The van der Waals surface area contributed by atoms with Gasteiger partial charge in [-0.25, -0.2) is 0 Å². The van der Waals surface area contributed by atoms with Crippen LogP contribution in [0, 0.1) is 0 Å². The van der Waals surface area contributed by atoms with Crippen molar-refractivity contribution >= 4 is 0 Å². The summed E-state index contributed by atoms with van der Waals surface area (Å²) in [5, 5.41) is 0. The first-order chi connectivity index (χ1) is 4.85. The summed E-state index contributed by atoms with van der Waals surface area (Å²) in [4.78, 5) is 0. The Morgan fingerprint density at radius 3 is 2.60 bits per heavy atom. The molecule has 0 fully saturated rings.